The van der Waals surface area contributed by atoms with Gasteiger partial charge >= 0.3 is 0 Å². The summed E-state index contributed by atoms with van der Waals surface area (Å²) in [7, 11) is 0. The normalized spacial score (nSPS) is 39.0. The van der Waals surface area contributed by atoms with Crippen molar-refractivity contribution in [2.24, 2.45) is 33.7 Å². The Kier molecular flexibility index (Phi) is 6.25. The number of amides is 1. The lowest BCUT2D eigenvalue weighted by Gasteiger charge is -2.58. The predicted molar refractivity (Wildman–Crippen MR) is 135 cm³/mol. The molecule has 4 aliphatic carbocycles. The number of aromatic nitrogens is 1. The molecule has 0 unspecified atom stereocenters. The van der Waals surface area contributed by atoms with Gasteiger partial charge in [0.15, 0.2) is 6.61 Å². The van der Waals surface area contributed by atoms with Crippen molar-refractivity contribution in [1.82, 2.24) is 10.3 Å². The lowest BCUT2D eigenvalue weighted by Crippen LogP contribution is -2.54. The van der Waals surface area contributed by atoms with Crippen LogP contribution in [0.1, 0.15) is 70.8 Å². The lowest BCUT2D eigenvalue weighted by molar-refractivity contribution is -0.125. The highest BCUT2D eigenvalue weighted by Crippen LogP contribution is 2.67. The van der Waals surface area contributed by atoms with Gasteiger partial charge < -0.3 is 15.3 Å². The summed E-state index contributed by atoms with van der Waals surface area (Å²) < 4.78 is 0. The zero-order valence-electron chi connectivity index (χ0n) is 20.9. The molecule has 1 aromatic heterocycles. The van der Waals surface area contributed by atoms with E-state index < -0.39 is 5.60 Å². The van der Waals surface area contributed by atoms with Gasteiger partial charge in [-0.1, -0.05) is 30.5 Å². The van der Waals surface area contributed by atoms with Crippen molar-refractivity contribution in [2.45, 2.75) is 77.4 Å². The van der Waals surface area contributed by atoms with Crippen molar-refractivity contribution in [2.75, 3.05) is 6.61 Å². The average molecular weight is 476 g/mol. The molecule has 0 radical (unpaired) electrons. The number of hydrogen-bond acceptors (Lipinski definition) is 5. The van der Waals surface area contributed by atoms with E-state index in [-0.39, 0.29) is 23.3 Å². The van der Waals surface area contributed by atoms with Crippen LogP contribution in [0.25, 0.3) is 0 Å². The number of terminal acetylenes is 1. The van der Waals surface area contributed by atoms with Gasteiger partial charge in [-0.3, -0.25) is 9.78 Å². The third-order valence-corrected chi connectivity index (χ3v) is 9.98. The van der Waals surface area contributed by atoms with Crippen LogP contribution in [0.3, 0.4) is 0 Å². The van der Waals surface area contributed by atoms with E-state index in [0.29, 0.717) is 24.3 Å². The van der Waals surface area contributed by atoms with Crippen LogP contribution in [0.5, 0.6) is 0 Å². The number of aliphatic hydroxyl groups is 1. The first-order valence-corrected chi connectivity index (χ1v) is 13.0. The van der Waals surface area contributed by atoms with Gasteiger partial charge in [0.05, 0.1) is 5.71 Å². The number of carbonyl (C=O) groups excluding carboxylic acids is 1. The SMILES string of the molecule is C#C[C@@]1(O)CC[C@@H]2[C@@H]3CCC4=CC(=NOCC(=O)NCc5ccncc5)CC[C@]4(C)[C@H]3CC[C@@]21C. The molecule has 6 atom stereocenters. The maximum Gasteiger partial charge on any atom is 0.261 e. The Hall–Kier alpha value is -2.65. The second kappa shape index (κ2) is 9.09. The Balaban J connectivity index is 1.21. The Morgan fingerprint density at radius 1 is 1.20 bits per heavy atom. The van der Waals surface area contributed by atoms with E-state index in [9.17, 15) is 9.90 Å². The van der Waals surface area contributed by atoms with Crippen LogP contribution in [-0.4, -0.2) is 33.9 Å². The third kappa shape index (κ3) is 4.08. The molecule has 1 aromatic rings. The third-order valence-electron chi connectivity index (χ3n) is 9.98. The number of allylic oxidation sites excluding steroid dienone is 2. The molecule has 6 nitrogen and oxygen atoms in total. The predicted octanol–water partition coefficient (Wildman–Crippen LogP) is 4.40. The van der Waals surface area contributed by atoms with E-state index >= 15 is 0 Å². The number of hydrogen-bond donors (Lipinski definition) is 2. The minimum atomic E-state index is -0.950. The Morgan fingerprint density at radius 3 is 2.74 bits per heavy atom. The molecule has 4 aliphatic rings. The first-order valence-electron chi connectivity index (χ1n) is 13.0. The van der Waals surface area contributed by atoms with Gasteiger partial charge in [-0.2, -0.15) is 0 Å². The van der Waals surface area contributed by atoms with Crippen molar-refractivity contribution in [3.63, 3.8) is 0 Å². The topological polar surface area (TPSA) is 83.8 Å². The van der Waals surface area contributed by atoms with Gasteiger partial charge in [0.25, 0.3) is 5.91 Å². The number of nitrogens with one attached hydrogen (secondary N) is 1. The smallest absolute Gasteiger partial charge is 0.261 e. The quantitative estimate of drug-likeness (QED) is 0.488. The maximum absolute atomic E-state index is 12.1. The van der Waals surface area contributed by atoms with Gasteiger partial charge in [-0.15, -0.1) is 6.42 Å². The molecule has 0 saturated heterocycles. The Morgan fingerprint density at radius 2 is 1.97 bits per heavy atom. The second-order valence-electron chi connectivity index (χ2n) is 11.5. The summed E-state index contributed by atoms with van der Waals surface area (Å²) in [4.78, 5) is 21.5. The Bertz CT molecular complexity index is 1080. The molecular weight excluding hydrogens is 438 g/mol. The van der Waals surface area contributed by atoms with Crippen molar-refractivity contribution < 1.29 is 14.7 Å². The van der Waals surface area contributed by atoms with Crippen LogP contribution in [0.15, 0.2) is 41.3 Å². The van der Waals surface area contributed by atoms with E-state index in [4.69, 9.17) is 11.3 Å². The molecular formula is C29H37N3O3. The number of fused-ring (bicyclic) bond motifs is 5. The zero-order chi connectivity index (χ0) is 24.7. The fraction of sp³-hybridized carbons (Fsp3) is 0.621. The number of pyridine rings is 1. The van der Waals surface area contributed by atoms with Crippen LogP contribution in [0.4, 0.5) is 0 Å². The summed E-state index contributed by atoms with van der Waals surface area (Å²) in [6.45, 7) is 5.04. The summed E-state index contributed by atoms with van der Waals surface area (Å²) in [5, 5.41) is 18.3. The fourth-order valence-electron chi connectivity index (χ4n) is 7.82. The highest BCUT2D eigenvalue weighted by atomic mass is 16.6. The largest absolute Gasteiger partial charge is 0.385 e. The molecule has 186 valence electrons. The van der Waals surface area contributed by atoms with Gasteiger partial charge in [0.1, 0.15) is 5.60 Å². The molecule has 3 saturated carbocycles. The maximum atomic E-state index is 12.1. The van der Waals surface area contributed by atoms with Crippen LogP contribution in [-0.2, 0) is 16.2 Å². The van der Waals surface area contributed by atoms with Crippen LogP contribution < -0.4 is 5.32 Å². The summed E-state index contributed by atoms with van der Waals surface area (Å²) in [6.07, 6.45) is 19.5. The molecule has 35 heavy (non-hydrogen) atoms. The second-order valence-corrected chi connectivity index (χ2v) is 11.5. The average Bonchev–Trinajstić information content (AvgIpc) is 3.14. The van der Waals surface area contributed by atoms with Crippen molar-refractivity contribution in [1.29, 1.82) is 0 Å². The molecule has 0 aromatic carbocycles. The highest BCUT2D eigenvalue weighted by Gasteiger charge is 2.63. The zero-order valence-corrected chi connectivity index (χ0v) is 20.9. The van der Waals surface area contributed by atoms with Gasteiger partial charge in [-0.25, -0.2) is 0 Å². The molecule has 6 heteroatoms. The van der Waals surface area contributed by atoms with Crippen LogP contribution in [0, 0.1) is 40.9 Å². The van der Waals surface area contributed by atoms with E-state index in [1.54, 1.807) is 12.4 Å². The van der Waals surface area contributed by atoms with Crippen LogP contribution >= 0.6 is 0 Å². The summed E-state index contributed by atoms with van der Waals surface area (Å²) in [6, 6.07) is 3.74. The van der Waals surface area contributed by atoms with E-state index in [1.165, 1.54) is 5.57 Å². The lowest BCUT2D eigenvalue weighted by atomic mass is 9.46. The van der Waals surface area contributed by atoms with Gasteiger partial charge in [-0.05, 0) is 98.3 Å². The number of oxime groups is 1. The van der Waals surface area contributed by atoms with Gasteiger partial charge in [0.2, 0.25) is 0 Å². The first-order chi connectivity index (χ1) is 16.8. The standard InChI is InChI=1S/C29H37N3O3/c1-4-29(34)14-9-25-23-6-5-21-17-22(7-12-27(21,2)24(23)8-13-28(25,29)3)32-35-19-26(33)31-18-20-10-15-30-16-11-20/h1,10-11,15-17,23-25,34H,5-9,12-14,18-19H2,2-3H3,(H,31,33)/t23-,24+,25-,27+,28+,29-/m1/s1. The van der Waals surface area contributed by atoms with Gasteiger partial charge in [0, 0.05) is 24.4 Å². The summed E-state index contributed by atoms with van der Waals surface area (Å²) >= 11 is 0. The molecule has 0 bridgehead atoms. The van der Waals surface area contributed by atoms with Crippen molar-refractivity contribution in [3.8, 4) is 12.3 Å². The summed E-state index contributed by atoms with van der Waals surface area (Å²) in [5.41, 5.74) is 2.46. The monoisotopic (exact) mass is 475 g/mol. The first kappa shape index (κ1) is 24.1. The van der Waals surface area contributed by atoms with Crippen molar-refractivity contribution >= 4 is 11.6 Å². The minimum Gasteiger partial charge on any atom is -0.385 e. The fourth-order valence-corrected chi connectivity index (χ4v) is 7.82. The molecule has 5 rings (SSSR count). The Labute approximate surface area is 208 Å². The summed E-state index contributed by atoms with van der Waals surface area (Å²) in [5.74, 6) is 4.34. The van der Waals surface area contributed by atoms with Crippen LogP contribution in [0.2, 0.25) is 0 Å². The van der Waals surface area contributed by atoms with E-state index in [0.717, 1.165) is 62.6 Å². The van der Waals surface area contributed by atoms with Crippen molar-refractivity contribution in [3.05, 3.63) is 41.7 Å². The number of nitrogens with zero attached hydrogens (tertiary/aromatic N) is 2. The molecule has 1 heterocycles. The number of carbonyl (C=O) groups is 1. The molecule has 0 spiro atoms. The molecule has 0 aliphatic heterocycles. The van der Waals surface area contributed by atoms with E-state index in [2.05, 4.69) is 41.3 Å². The molecule has 1 amide bonds. The number of rotatable bonds is 5. The highest BCUT2D eigenvalue weighted by molar-refractivity contribution is 5.96. The molecule has 3 fully saturated rings. The minimum absolute atomic E-state index is 0.0852. The molecule has 2 N–H and O–H groups in total. The van der Waals surface area contributed by atoms with E-state index in [1.807, 2.05) is 12.1 Å².